The van der Waals surface area contributed by atoms with E-state index in [-0.39, 0.29) is 6.07 Å². The van der Waals surface area contributed by atoms with Crippen molar-refractivity contribution < 1.29 is 22.0 Å². The van der Waals surface area contributed by atoms with Crippen molar-refractivity contribution in [2.75, 3.05) is 0 Å². The van der Waals surface area contributed by atoms with E-state index >= 15 is 0 Å². The smallest absolute Gasteiger partial charge is 0.324 e. The Labute approximate surface area is 91.0 Å². The van der Waals surface area contributed by atoms with E-state index in [0.29, 0.717) is 0 Å². The van der Waals surface area contributed by atoms with Gasteiger partial charge >= 0.3 is 6.18 Å². The number of rotatable bonds is 2. The molecule has 0 atom stereocenters. The molecule has 16 heavy (non-hydrogen) atoms. The summed E-state index contributed by atoms with van der Waals surface area (Å²) in [5.74, 6) is -0.704. The van der Waals surface area contributed by atoms with Crippen LogP contribution in [0.3, 0.4) is 0 Å². The molecule has 1 aromatic heterocycles. The van der Waals surface area contributed by atoms with Crippen molar-refractivity contribution in [1.82, 2.24) is 4.98 Å². The first-order valence-corrected chi connectivity index (χ1v) is 4.48. The maximum atomic E-state index is 12.5. The normalized spacial score (nSPS) is 12.2. The van der Waals surface area contributed by atoms with Crippen LogP contribution in [0.2, 0.25) is 0 Å². The Balaban J connectivity index is 3.58. The van der Waals surface area contributed by atoms with Gasteiger partial charge in [-0.2, -0.15) is 13.2 Å². The van der Waals surface area contributed by atoms with Crippen molar-refractivity contribution in [3.8, 4) is 0 Å². The molecule has 1 rings (SSSR count). The van der Waals surface area contributed by atoms with Crippen molar-refractivity contribution in [3.05, 3.63) is 33.2 Å². The lowest BCUT2D eigenvalue weighted by atomic mass is 10.1. The van der Waals surface area contributed by atoms with Crippen LogP contribution in [-0.4, -0.2) is 4.98 Å². The minimum absolute atomic E-state index is 0.226. The molecule has 0 amide bonds. The van der Waals surface area contributed by atoms with Gasteiger partial charge in [0, 0.05) is 17.3 Å². The van der Waals surface area contributed by atoms with Gasteiger partial charge in [0.25, 0.3) is 6.43 Å². The Morgan fingerprint density at radius 3 is 2.31 bits per heavy atom. The fourth-order valence-electron chi connectivity index (χ4n) is 1.24. The summed E-state index contributed by atoms with van der Waals surface area (Å²) in [5, 5.41) is 0. The molecule has 0 aliphatic rings. The Morgan fingerprint density at radius 2 is 1.94 bits per heavy atom. The molecule has 1 N–H and O–H groups in total. The van der Waals surface area contributed by atoms with Gasteiger partial charge in [-0.3, -0.25) is 4.79 Å². The largest absolute Gasteiger partial charge is 0.418 e. The van der Waals surface area contributed by atoms with Crippen molar-refractivity contribution in [1.29, 1.82) is 0 Å². The molecule has 1 heterocycles. The summed E-state index contributed by atoms with van der Waals surface area (Å²) in [5.41, 5.74) is -4.72. The second-order valence-corrected chi connectivity index (χ2v) is 3.14. The van der Waals surface area contributed by atoms with E-state index in [1.165, 1.54) is 0 Å². The van der Waals surface area contributed by atoms with E-state index in [4.69, 9.17) is 11.6 Å². The lowest BCUT2D eigenvalue weighted by Gasteiger charge is -2.15. The number of aromatic nitrogens is 1. The zero-order chi connectivity index (χ0) is 12.5. The highest BCUT2D eigenvalue weighted by Gasteiger charge is 2.38. The fourth-order valence-corrected chi connectivity index (χ4v) is 1.44. The fraction of sp³-hybridized carbons (Fsp3) is 0.375. The van der Waals surface area contributed by atoms with Crippen molar-refractivity contribution in [3.63, 3.8) is 0 Å². The lowest BCUT2D eigenvalue weighted by molar-refractivity contribution is -0.140. The molecule has 0 saturated carbocycles. The van der Waals surface area contributed by atoms with Gasteiger partial charge in [-0.25, -0.2) is 8.78 Å². The van der Waals surface area contributed by atoms with Gasteiger partial charge in [-0.05, 0) is 0 Å². The molecule has 0 aliphatic heterocycles. The Morgan fingerprint density at radius 1 is 1.38 bits per heavy atom. The number of H-pyrrole nitrogens is 1. The van der Waals surface area contributed by atoms with Crippen LogP contribution in [-0.2, 0) is 12.1 Å². The molecular formula is C8H5ClF5NO. The number of alkyl halides is 6. The van der Waals surface area contributed by atoms with Crippen LogP contribution in [0.15, 0.2) is 10.9 Å². The van der Waals surface area contributed by atoms with Gasteiger partial charge in [-0.1, -0.05) is 0 Å². The van der Waals surface area contributed by atoms with E-state index in [2.05, 4.69) is 0 Å². The van der Waals surface area contributed by atoms with Crippen LogP contribution < -0.4 is 5.56 Å². The van der Waals surface area contributed by atoms with Crippen LogP contribution in [0.4, 0.5) is 22.0 Å². The number of halogens is 6. The van der Waals surface area contributed by atoms with Crippen LogP contribution in [0.1, 0.15) is 23.2 Å². The maximum absolute atomic E-state index is 12.5. The third-order valence-electron chi connectivity index (χ3n) is 1.80. The summed E-state index contributed by atoms with van der Waals surface area (Å²) in [6.45, 7) is 0. The topological polar surface area (TPSA) is 32.9 Å². The quantitative estimate of drug-likeness (QED) is 0.644. The van der Waals surface area contributed by atoms with Crippen molar-refractivity contribution in [2.24, 2.45) is 0 Å². The molecule has 0 spiro atoms. The first-order chi connectivity index (χ1) is 7.27. The standard InChI is InChI=1S/C8H5ClF5NO/c9-2-4-6(8(12,13)14)3(7(10)11)1-5(16)15-4/h1,7H,2H2,(H,15,16). The van der Waals surface area contributed by atoms with E-state index in [1.54, 1.807) is 4.98 Å². The van der Waals surface area contributed by atoms with E-state index in [0.717, 1.165) is 0 Å². The Kier molecular flexibility index (Phi) is 3.57. The molecular weight excluding hydrogens is 257 g/mol. The van der Waals surface area contributed by atoms with E-state index in [9.17, 15) is 26.7 Å². The zero-order valence-corrected chi connectivity index (χ0v) is 8.29. The zero-order valence-electron chi connectivity index (χ0n) is 7.54. The predicted octanol–water partition coefficient (Wildman–Crippen LogP) is 3.07. The van der Waals surface area contributed by atoms with Crippen LogP contribution in [0.5, 0.6) is 0 Å². The number of hydrogen-bond acceptors (Lipinski definition) is 1. The molecule has 0 fully saturated rings. The number of hydrogen-bond donors (Lipinski definition) is 1. The summed E-state index contributed by atoms with van der Waals surface area (Å²) in [7, 11) is 0. The van der Waals surface area contributed by atoms with Crippen molar-refractivity contribution in [2.45, 2.75) is 18.5 Å². The molecule has 90 valence electrons. The minimum Gasteiger partial charge on any atom is -0.324 e. The SMILES string of the molecule is O=c1cc(C(F)F)c(C(F)(F)F)c(CCl)[nH]1. The minimum atomic E-state index is -4.99. The summed E-state index contributed by atoms with van der Waals surface area (Å²) >= 11 is 5.17. The number of aromatic amines is 1. The molecule has 0 aliphatic carbocycles. The van der Waals surface area contributed by atoms with Gasteiger partial charge in [-0.15, -0.1) is 11.6 Å². The molecule has 0 radical (unpaired) electrons. The molecule has 8 heteroatoms. The van der Waals surface area contributed by atoms with Crippen LogP contribution >= 0.6 is 11.6 Å². The van der Waals surface area contributed by atoms with Gasteiger partial charge < -0.3 is 4.98 Å². The molecule has 0 aromatic carbocycles. The second-order valence-electron chi connectivity index (χ2n) is 2.87. The summed E-state index contributed by atoms with van der Waals surface area (Å²) in [6, 6.07) is 0.226. The highest BCUT2D eigenvalue weighted by molar-refractivity contribution is 6.17. The molecule has 0 unspecified atom stereocenters. The lowest BCUT2D eigenvalue weighted by Crippen LogP contribution is -2.20. The van der Waals surface area contributed by atoms with E-state index in [1.807, 2.05) is 0 Å². The van der Waals surface area contributed by atoms with Crippen LogP contribution in [0.25, 0.3) is 0 Å². The van der Waals surface area contributed by atoms with Gasteiger partial charge in [0.15, 0.2) is 0 Å². The molecule has 0 bridgehead atoms. The predicted molar refractivity (Wildman–Crippen MR) is 46.6 cm³/mol. The monoisotopic (exact) mass is 261 g/mol. The highest BCUT2D eigenvalue weighted by Crippen LogP contribution is 2.37. The molecule has 0 saturated heterocycles. The summed E-state index contributed by atoms with van der Waals surface area (Å²) in [6.07, 6.45) is -8.37. The second kappa shape index (κ2) is 4.40. The first kappa shape index (κ1) is 13.0. The van der Waals surface area contributed by atoms with Gasteiger partial charge in [0.05, 0.1) is 11.4 Å². The van der Waals surface area contributed by atoms with Crippen molar-refractivity contribution >= 4 is 11.6 Å². The number of pyridine rings is 1. The van der Waals surface area contributed by atoms with Crippen LogP contribution in [0, 0.1) is 0 Å². The first-order valence-electron chi connectivity index (χ1n) is 3.94. The third kappa shape index (κ3) is 2.52. The van der Waals surface area contributed by atoms with Gasteiger partial charge in [0.2, 0.25) is 5.56 Å². The number of nitrogens with one attached hydrogen (secondary N) is 1. The van der Waals surface area contributed by atoms with Gasteiger partial charge in [0.1, 0.15) is 0 Å². The maximum Gasteiger partial charge on any atom is 0.418 e. The third-order valence-corrected chi connectivity index (χ3v) is 2.07. The summed E-state index contributed by atoms with van der Waals surface area (Å²) < 4.78 is 62.1. The average molecular weight is 262 g/mol. The highest BCUT2D eigenvalue weighted by atomic mass is 35.5. The Bertz CT molecular complexity index is 439. The Hall–Kier alpha value is -1.11. The average Bonchev–Trinajstić information content (AvgIpc) is 2.14. The molecule has 1 aromatic rings. The van der Waals surface area contributed by atoms with E-state index < -0.39 is 40.9 Å². The molecule has 2 nitrogen and oxygen atoms in total. The summed E-state index contributed by atoms with van der Waals surface area (Å²) in [4.78, 5) is 12.6.